The summed E-state index contributed by atoms with van der Waals surface area (Å²) in [5.41, 5.74) is 2.15. The van der Waals surface area contributed by atoms with E-state index >= 15 is 0 Å². The van der Waals surface area contributed by atoms with Crippen LogP contribution in [-0.2, 0) is 6.42 Å². The number of aliphatic hydroxyl groups is 1. The van der Waals surface area contributed by atoms with Gasteiger partial charge < -0.3 is 5.11 Å². The molecule has 2 aromatic carbocycles. The topological polar surface area (TPSA) is 20.2 Å². The molecule has 0 fully saturated rings. The summed E-state index contributed by atoms with van der Waals surface area (Å²) in [6.07, 6.45) is 0.234. The van der Waals surface area contributed by atoms with Crippen LogP contribution < -0.4 is 0 Å². The van der Waals surface area contributed by atoms with Crippen LogP contribution in [0.4, 0.5) is 0 Å². The van der Waals surface area contributed by atoms with Crippen molar-refractivity contribution in [3.63, 3.8) is 0 Å². The summed E-state index contributed by atoms with van der Waals surface area (Å²) < 4.78 is 1.22. The zero-order valence-corrected chi connectivity index (χ0v) is 13.8. The standard InChI is InChI=1S/C16H17IOS/c1-2-19-15-9-5-13(6-10-15)16(18)11-12-3-7-14(17)8-4-12/h3-10,16,18H,2,11H2,1H3. The zero-order valence-electron chi connectivity index (χ0n) is 10.8. The minimum atomic E-state index is -0.430. The molecule has 2 rings (SSSR count). The van der Waals surface area contributed by atoms with Crippen molar-refractivity contribution < 1.29 is 5.11 Å². The van der Waals surface area contributed by atoms with Gasteiger partial charge in [-0.25, -0.2) is 0 Å². The summed E-state index contributed by atoms with van der Waals surface area (Å²) in [6.45, 7) is 2.14. The van der Waals surface area contributed by atoms with E-state index in [1.54, 1.807) is 0 Å². The third-order valence-electron chi connectivity index (χ3n) is 2.92. The first kappa shape index (κ1) is 14.9. The largest absolute Gasteiger partial charge is 0.388 e. The van der Waals surface area contributed by atoms with Crippen LogP contribution in [0.1, 0.15) is 24.2 Å². The van der Waals surface area contributed by atoms with E-state index in [1.165, 1.54) is 14.0 Å². The SMILES string of the molecule is CCSc1ccc(C(O)Cc2ccc(I)cc2)cc1. The van der Waals surface area contributed by atoms with Gasteiger partial charge in [0, 0.05) is 14.9 Å². The lowest BCUT2D eigenvalue weighted by Gasteiger charge is -2.12. The van der Waals surface area contributed by atoms with Crippen LogP contribution in [0, 0.1) is 3.57 Å². The van der Waals surface area contributed by atoms with Crippen LogP contribution in [0.25, 0.3) is 0 Å². The van der Waals surface area contributed by atoms with Gasteiger partial charge in [0.15, 0.2) is 0 Å². The lowest BCUT2D eigenvalue weighted by Crippen LogP contribution is -2.01. The number of hydrogen-bond donors (Lipinski definition) is 1. The second kappa shape index (κ2) is 7.31. The number of thioether (sulfide) groups is 1. The average molecular weight is 384 g/mol. The smallest absolute Gasteiger partial charge is 0.0830 e. The molecular formula is C16H17IOS. The van der Waals surface area contributed by atoms with Gasteiger partial charge in [-0.3, -0.25) is 0 Å². The van der Waals surface area contributed by atoms with Gasteiger partial charge in [-0.05, 0) is 63.7 Å². The molecule has 19 heavy (non-hydrogen) atoms. The fourth-order valence-electron chi connectivity index (χ4n) is 1.91. The quantitative estimate of drug-likeness (QED) is 0.597. The van der Waals surface area contributed by atoms with E-state index in [-0.39, 0.29) is 0 Å². The van der Waals surface area contributed by atoms with E-state index in [2.05, 4.69) is 65.9 Å². The van der Waals surface area contributed by atoms with Crippen LogP contribution >= 0.6 is 34.4 Å². The molecule has 1 atom stereocenters. The van der Waals surface area contributed by atoms with Gasteiger partial charge in [0.1, 0.15) is 0 Å². The molecule has 0 aliphatic heterocycles. The van der Waals surface area contributed by atoms with Crippen molar-refractivity contribution in [1.29, 1.82) is 0 Å². The Labute approximate surface area is 132 Å². The summed E-state index contributed by atoms with van der Waals surface area (Å²) in [7, 11) is 0. The van der Waals surface area contributed by atoms with Crippen LogP contribution in [0.5, 0.6) is 0 Å². The van der Waals surface area contributed by atoms with E-state index in [0.717, 1.165) is 11.3 Å². The highest BCUT2D eigenvalue weighted by Gasteiger charge is 2.08. The second-order valence-corrected chi connectivity index (χ2v) is 6.93. The molecule has 0 aromatic heterocycles. The Hall–Kier alpha value is -0.520. The summed E-state index contributed by atoms with van der Waals surface area (Å²) in [6, 6.07) is 16.5. The van der Waals surface area contributed by atoms with Crippen LogP contribution in [0.3, 0.4) is 0 Å². The Morgan fingerprint density at radius 3 is 2.26 bits per heavy atom. The van der Waals surface area contributed by atoms with Gasteiger partial charge in [0.05, 0.1) is 6.10 Å². The van der Waals surface area contributed by atoms with Crippen molar-refractivity contribution in [3.8, 4) is 0 Å². The first-order chi connectivity index (χ1) is 9.19. The van der Waals surface area contributed by atoms with Gasteiger partial charge >= 0.3 is 0 Å². The predicted octanol–water partition coefficient (Wildman–Crippen LogP) is 4.68. The Kier molecular flexibility index (Phi) is 5.73. The van der Waals surface area contributed by atoms with E-state index in [9.17, 15) is 5.11 Å². The molecule has 0 saturated carbocycles. The molecule has 100 valence electrons. The predicted molar refractivity (Wildman–Crippen MR) is 90.7 cm³/mol. The summed E-state index contributed by atoms with van der Waals surface area (Å²) in [5, 5.41) is 10.3. The molecule has 3 heteroatoms. The number of aliphatic hydroxyl groups excluding tert-OH is 1. The van der Waals surface area contributed by atoms with Gasteiger partial charge in [0.25, 0.3) is 0 Å². The fraction of sp³-hybridized carbons (Fsp3) is 0.250. The maximum absolute atomic E-state index is 10.3. The minimum Gasteiger partial charge on any atom is -0.388 e. The van der Waals surface area contributed by atoms with Gasteiger partial charge in [0.2, 0.25) is 0 Å². The number of halogens is 1. The molecule has 1 unspecified atom stereocenters. The lowest BCUT2D eigenvalue weighted by atomic mass is 10.0. The van der Waals surface area contributed by atoms with Crippen molar-refractivity contribution >= 4 is 34.4 Å². The summed E-state index contributed by atoms with van der Waals surface area (Å²) >= 11 is 4.11. The van der Waals surface area contributed by atoms with Crippen LogP contribution in [0.2, 0.25) is 0 Å². The number of hydrogen-bond acceptors (Lipinski definition) is 2. The van der Waals surface area contributed by atoms with E-state index < -0.39 is 6.10 Å². The zero-order chi connectivity index (χ0) is 13.7. The first-order valence-corrected chi connectivity index (χ1v) is 8.40. The maximum Gasteiger partial charge on any atom is 0.0830 e. The number of rotatable bonds is 5. The molecule has 0 radical (unpaired) electrons. The minimum absolute atomic E-state index is 0.430. The van der Waals surface area contributed by atoms with Crippen LogP contribution in [0.15, 0.2) is 53.4 Å². The lowest BCUT2D eigenvalue weighted by molar-refractivity contribution is 0.178. The normalized spacial score (nSPS) is 12.4. The molecular weight excluding hydrogens is 367 g/mol. The van der Waals surface area contributed by atoms with E-state index in [4.69, 9.17) is 0 Å². The molecule has 0 heterocycles. The Morgan fingerprint density at radius 1 is 1.05 bits per heavy atom. The highest BCUT2D eigenvalue weighted by atomic mass is 127. The first-order valence-electron chi connectivity index (χ1n) is 6.34. The molecule has 1 nitrogen and oxygen atoms in total. The summed E-state index contributed by atoms with van der Waals surface area (Å²) in [5.74, 6) is 1.07. The Balaban J connectivity index is 2.02. The third-order valence-corrected chi connectivity index (χ3v) is 4.53. The average Bonchev–Trinajstić information content (AvgIpc) is 2.42. The highest BCUT2D eigenvalue weighted by Crippen LogP contribution is 2.23. The van der Waals surface area contributed by atoms with Gasteiger partial charge in [-0.15, -0.1) is 11.8 Å². The monoisotopic (exact) mass is 384 g/mol. The molecule has 0 aliphatic rings. The van der Waals surface area contributed by atoms with E-state index in [0.29, 0.717) is 6.42 Å². The van der Waals surface area contributed by atoms with Crippen molar-refractivity contribution in [1.82, 2.24) is 0 Å². The van der Waals surface area contributed by atoms with Crippen molar-refractivity contribution in [2.75, 3.05) is 5.75 Å². The molecule has 0 amide bonds. The molecule has 0 saturated heterocycles. The molecule has 0 bridgehead atoms. The molecule has 0 spiro atoms. The highest BCUT2D eigenvalue weighted by molar-refractivity contribution is 14.1. The Morgan fingerprint density at radius 2 is 1.68 bits per heavy atom. The molecule has 2 aromatic rings. The van der Waals surface area contributed by atoms with Crippen molar-refractivity contribution in [3.05, 3.63) is 63.2 Å². The maximum atomic E-state index is 10.3. The van der Waals surface area contributed by atoms with E-state index in [1.807, 2.05) is 23.9 Å². The van der Waals surface area contributed by atoms with Crippen LogP contribution in [-0.4, -0.2) is 10.9 Å². The fourth-order valence-corrected chi connectivity index (χ4v) is 2.94. The van der Waals surface area contributed by atoms with Gasteiger partial charge in [-0.1, -0.05) is 31.2 Å². The Bertz CT molecular complexity index is 507. The molecule has 1 N–H and O–H groups in total. The molecule has 0 aliphatic carbocycles. The van der Waals surface area contributed by atoms with Crippen molar-refractivity contribution in [2.45, 2.75) is 24.3 Å². The van der Waals surface area contributed by atoms with Gasteiger partial charge in [-0.2, -0.15) is 0 Å². The van der Waals surface area contributed by atoms with Crippen molar-refractivity contribution in [2.24, 2.45) is 0 Å². The second-order valence-electron chi connectivity index (χ2n) is 4.35. The third kappa shape index (κ3) is 4.51. The number of benzene rings is 2. The summed E-state index contributed by atoms with van der Waals surface area (Å²) in [4.78, 5) is 1.26.